The van der Waals surface area contributed by atoms with Gasteiger partial charge in [0.1, 0.15) is 6.10 Å². The molecule has 0 bridgehead atoms. The highest BCUT2D eigenvalue weighted by molar-refractivity contribution is 5.82. The second kappa shape index (κ2) is 5.30. The highest BCUT2D eigenvalue weighted by Gasteiger charge is 2.16. The second-order valence-corrected chi connectivity index (χ2v) is 3.17. The number of rotatable bonds is 5. The van der Waals surface area contributed by atoms with Crippen LogP contribution >= 0.6 is 0 Å². The van der Waals surface area contributed by atoms with E-state index in [1.807, 2.05) is 6.92 Å². The number of ether oxygens (including phenoxy) is 1. The fourth-order valence-corrected chi connectivity index (χ4v) is 1.01. The Kier molecular flexibility index (Phi) is 5.12. The number of carbonyl (C=O) groups is 1. The van der Waals surface area contributed by atoms with Gasteiger partial charge in [-0.15, -0.1) is 0 Å². The summed E-state index contributed by atoms with van der Waals surface area (Å²) in [6, 6.07) is 0. The molecular formula is C9H18O2. The van der Waals surface area contributed by atoms with Crippen molar-refractivity contribution >= 4 is 5.78 Å². The zero-order valence-corrected chi connectivity index (χ0v) is 7.89. The molecule has 0 amide bonds. The fourth-order valence-electron chi connectivity index (χ4n) is 1.01. The number of carbonyl (C=O) groups excluding carboxylic acids is 1. The summed E-state index contributed by atoms with van der Waals surface area (Å²) in [5.74, 6) is 0.733. The van der Waals surface area contributed by atoms with Gasteiger partial charge in [-0.2, -0.15) is 0 Å². The molecule has 0 spiro atoms. The van der Waals surface area contributed by atoms with Crippen molar-refractivity contribution in [2.24, 2.45) is 5.92 Å². The van der Waals surface area contributed by atoms with Gasteiger partial charge in [-0.25, -0.2) is 0 Å². The van der Waals surface area contributed by atoms with Crippen molar-refractivity contribution in [3.05, 3.63) is 0 Å². The van der Waals surface area contributed by atoms with Crippen LogP contribution in [0.2, 0.25) is 0 Å². The first-order valence-corrected chi connectivity index (χ1v) is 4.17. The molecular weight excluding hydrogens is 140 g/mol. The molecule has 66 valence electrons. The lowest BCUT2D eigenvalue weighted by molar-refractivity contribution is -0.129. The van der Waals surface area contributed by atoms with Crippen LogP contribution in [0.4, 0.5) is 0 Å². The largest absolute Gasteiger partial charge is 0.374 e. The van der Waals surface area contributed by atoms with E-state index < -0.39 is 0 Å². The Labute approximate surface area is 68.9 Å². The van der Waals surface area contributed by atoms with Crippen LogP contribution in [-0.2, 0) is 9.53 Å². The molecule has 11 heavy (non-hydrogen) atoms. The van der Waals surface area contributed by atoms with Crippen molar-refractivity contribution in [1.82, 2.24) is 0 Å². The predicted molar refractivity (Wildman–Crippen MR) is 45.6 cm³/mol. The molecule has 1 unspecified atom stereocenters. The zero-order valence-electron chi connectivity index (χ0n) is 7.89. The molecule has 0 saturated heterocycles. The van der Waals surface area contributed by atoms with Crippen LogP contribution in [-0.4, -0.2) is 19.0 Å². The second-order valence-electron chi connectivity index (χ2n) is 3.17. The van der Waals surface area contributed by atoms with Crippen LogP contribution in [0.1, 0.15) is 33.6 Å². The van der Waals surface area contributed by atoms with Gasteiger partial charge in [0, 0.05) is 13.5 Å². The molecule has 0 rings (SSSR count). The summed E-state index contributed by atoms with van der Waals surface area (Å²) in [5.41, 5.74) is 0. The molecule has 0 fully saturated rings. The number of ketones is 1. The molecule has 1 atom stereocenters. The van der Waals surface area contributed by atoms with Gasteiger partial charge in [0.05, 0.1) is 0 Å². The smallest absolute Gasteiger partial charge is 0.161 e. The Morgan fingerprint density at radius 2 is 2.00 bits per heavy atom. The Hall–Kier alpha value is -0.370. The van der Waals surface area contributed by atoms with Crippen LogP contribution in [0, 0.1) is 5.92 Å². The van der Waals surface area contributed by atoms with Gasteiger partial charge in [0.15, 0.2) is 5.78 Å². The maximum Gasteiger partial charge on any atom is 0.161 e. The molecule has 2 nitrogen and oxygen atoms in total. The van der Waals surface area contributed by atoms with E-state index >= 15 is 0 Å². The number of hydrogen-bond acceptors (Lipinski definition) is 2. The third kappa shape index (κ3) is 4.14. The van der Waals surface area contributed by atoms with E-state index in [0.717, 1.165) is 6.42 Å². The predicted octanol–water partition coefficient (Wildman–Crippen LogP) is 2.03. The van der Waals surface area contributed by atoms with E-state index in [2.05, 4.69) is 13.8 Å². The molecule has 0 aromatic rings. The van der Waals surface area contributed by atoms with Gasteiger partial charge >= 0.3 is 0 Å². The topological polar surface area (TPSA) is 26.3 Å². The standard InChI is InChI=1S/C9H18O2/c1-5-8(10)9(11-4)6-7(2)3/h7,9H,5-6H2,1-4H3. The van der Waals surface area contributed by atoms with Crippen molar-refractivity contribution in [3.8, 4) is 0 Å². The van der Waals surface area contributed by atoms with Crippen LogP contribution < -0.4 is 0 Å². The number of hydrogen-bond donors (Lipinski definition) is 0. The van der Waals surface area contributed by atoms with Gasteiger partial charge in [-0.05, 0) is 12.3 Å². The van der Waals surface area contributed by atoms with Crippen molar-refractivity contribution in [3.63, 3.8) is 0 Å². The summed E-state index contributed by atoms with van der Waals surface area (Å²) < 4.78 is 5.06. The average Bonchev–Trinajstić information content (AvgIpc) is 1.98. The molecule has 0 aromatic heterocycles. The monoisotopic (exact) mass is 158 g/mol. The minimum absolute atomic E-state index is 0.181. The third-order valence-corrected chi connectivity index (χ3v) is 1.68. The van der Waals surface area contributed by atoms with E-state index in [4.69, 9.17) is 4.74 Å². The Balaban J connectivity index is 3.84. The Morgan fingerprint density at radius 1 is 1.45 bits per heavy atom. The van der Waals surface area contributed by atoms with Crippen molar-refractivity contribution in [2.45, 2.75) is 39.7 Å². The van der Waals surface area contributed by atoms with Crippen molar-refractivity contribution < 1.29 is 9.53 Å². The highest BCUT2D eigenvalue weighted by atomic mass is 16.5. The van der Waals surface area contributed by atoms with Crippen LogP contribution in [0.15, 0.2) is 0 Å². The molecule has 0 heterocycles. The van der Waals surface area contributed by atoms with Crippen LogP contribution in [0.25, 0.3) is 0 Å². The van der Waals surface area contributed by atoms with Crippen LogP contribution in [0.5, 0.6) is 0 Å². The molecule has 0 aliphatic carbocycles. The van der Waals surface area contributed by atoms with E-state index in [1.54, 1.807) is 7.11 Å². The van der Waals surface area contributed by atoms with E-state index in [1.165, 1.54) is 0 Å². The molecule has 0 aromatic carbocycles. The molecule has 0 saturated carbocycles. The van der Waals surface area contributed by atoms with E-state index in [-0.39, 0.29) is 11.9 Å². The Bertz CT molecular complexity index is 119. The van der Waals surface area contributed by atoms with Gasteiger partial charge < -0.3 is 4.74 Å². The first kappa shape index (κ1) is 10.6. The van der Waals surface area contributed by atoms with E-state index in [9.17, 15) is 4.79 Å². The van der Waals surface area contributed by atoms with Gasteiger partial charge in [0.2, 0.25) is 0 Å². The van der Waals surface area contributed by atoms with Gasteiger partial charge in [-0.1, -0.05) is 20.8 Å². The van der Waals surface area contributed by atoms with Gasteiger partial charge in [0.25, 0.3) is 0 Å². The zero-order chi connectivity index (χ0) is 8.85. The summed E-state index contributed by atoms with van der Waals surface area (Å²) >= 11 is 0. The summed E-state index contributed by atoms with van der Waals surface area (Å²) in [7, 11) is 1.60. The number of Topliss-reactive ketones (excluding diaryl/α,β-unsaturated/α-hetero) is 1. The molecule has 0 N–H and O–H groups in total. The SMILES string of the molecule is CCC(=O)C(CC(C)C)OC. The summed E-state index contributed by atoms with van der Waals surface area (Å²) in [4.78, 5) is 11.2. The first-order chi connectivity index (χ1) is 5.11. The fraction of sp³-hybridized carbons (Fsp3) is 0.889. The number of methoxy groups -OCH3 is 1. The van der Waals surface area contributed by atoms with Crippen molar-refractivity contribution in [2.75, 3.05) is 7.11 Å². The van der Waals surface area contributed by atoms with Gasteiger partial charge in [-0.3, -0.25) is 4.79 Å². The van der Waals surface area contributed by atoms with Crippen LogP contribution in [0.3, 0.4) is 0 Å². The normalized spacial score (nSPS) is 13.5. The molecule has 2 heteroatoms. The highest BCUT2D eigenvalue weighted by Crippen LogP contribution is 2.09. The lowest BCUT2D eigenvalue weighted by Crippen LogP contribution is -2.23. The summed E-state index contributed by atoms with van der Waals surface area (Å²) in [6.45, 7) is 6.05. The minimum atomic E-state index is -0.181. The summed E-state index contributed by atoms with van der Waals surface area (Å²) in [6.07, 6.45) is 1.23. The first-order valence-electron chi connectivity index (χ1n) is 4.17. The molecule has 0 aliphatic rings. The summed E-state index contributed by atoms with van der Waals surface area (Å²) in [5, 5.41) is 0. The minimum Gasteiger partial charge on any atom is -0.374 e. The maximum atomic E-state index is 11.2. The maximum absolute atomic E-state index is 11.2. The third-order valence-electron chi connectivity index (χ3n) is 1.68. The lowest BCUT2D eigenvalue weighted by atomic mass is 10.0. The van der Waals surface area contributed by atoms with Crippen molar-refractivity contribution in [1.29, 1.82) is 0 Å². The average molecular weight is 158 g/mol. The van der Waals surface area contributed by atoms with E-state index in [0.29, 0.717) is 12.3 Å². The molecule has 0 aliphatic heterocycles. The lowest BCUT2D eigenvalue weighted by Gasteiger charge is -2.14. The quantitative estimate of drug-likeness (QED) is 0.612. The Morgan fingerprint density at radius 3 is 2.27 bits per heavy atom. The molecule has 0 radical (unpaired) electrons.